The third kappa shape index (κ3) is 13.6. The number of amides is 3. The SMILES string of the molecule is CC(NC(=O)C(CCCN=C(N)N)NC(=O)C(Cc1ccccc1)NC(=O)C(N)CCCN=C(N)N)C(=O)O. The molecule has 1 aromatic rings. The number of nitrogens with two attached hydrogens (primary N) is 5. The number of guanidine groups is 2. The molecule has 15 heteroatoms. The first-order valence-electron chi connectivity index (χ1n) is 12.4. The van der Waals surface area contributed by atoms with Crippen LogP contribution >= 0.6 is 0 Å². The van der Waals surface area contributed by atoms with E-state index in [9.17, 15) is 19.2 Å². The number of carbonyl (C=O) groups is 4. The molecule has 0 spiro atoms. The van der Waals surface area contributed by atoms with E-state index in [-0.39, 0.29) is 37.7 Å². The lowest BCUT2D eigenvalue weighted by atomic mass is 10.0. The number of carboxylic acid groups (broad SMARTS) is 1. The molecule has 0 radical (unpaired) electrons. The molecule has 0 saturated carbocycles. The van der Waals surface area contributed by atoms with Crippen molar-refractivity contribution in [2.75, 3.05) is 13.1 Å². The van der Waals surface area contributed by atoms with Crippen molar-refractivity contribution in [3.8, 4) is 0 Å². The van der Waals surface area contributed by atoms with Gasteiger partial charge in [-0.2, -0.15) is 0 Å². The van der Waals surface area contributed by atoms with Crippen molar-refractivity contribution in [2.24, 2.45) is 38.7 Å². The van der Waals surface area contributed by atoms with Crippen LogP contribution in [-0.4, -0.2) is 78.0 Å². The highest BCUT2D eigenvalue weighted by Gasteiger charge is 2.29. The molecule has 0 aliphatic carbocycles. The summed E-state index contributed by atoms with van der Waals surface area (Å²) in [6.45, 7) is 1.78. The quantitative estimate of drug-likeness (QED) is 0.0548. The summed E-state index contributed by atoms with van der Waals surface area (Å²) >= 11 is 0. The summed E-state index contributed by atoms with van der Waals surface area (Å²) in [7, 11) is 0. The molecule has 39 heavy (non-hydrogen) atoms. The van der Waals surface area contributed by atoms with E-state index in [2.05, 4.69) is 25.9 Å². The van der Waals surface area contributed by atoms with Gasteiger partial charge in [-0.05, 0) is 38.2 Å². The lowest BCUT2D eigenvalue weighted by molar-refractivity contribution is -0.141. The Morgan fingerprint density at radius 3 is 1.85 bits per heavy atom. The van der Waals surface area contributed by atoms with Crippen molar-refractivity contribution >= 4 is 35.6 Å². The second kappa shape index (κ2) is 17.2. The largest absolute Gasteiger partial charge is 0.480 e. The van der Waals surface area contributed by atoms with Crippen LogP contribution in [0.5, 0.6) is 0 Å². The maximum Gasteiger partial charge on any atom is 0.325 e. The fourth-order valence-corrected chi connectivity index (χ4v) is 3.41. The molecule has 0 heterocycles. The van der Waals surface area contributed by atoms with Crippen LogP contribution in [0, 0.1) is 0 Å². The van der Waals surface area contributed by atoms with Gasteiger partial charge in [0, 0.05) is 19.5 Å². The molecule has 0 bridgehead atoms. The standard InChI is InChI=1S/C24H40N10O5/c1-14(22(38)39)32-20(36)17(10-6-12-31-24(28)29)33-21(37)18(13-15-7-3-2-4-8-15)34-19(35)16(25)9-5-11-30-23(26)27/h2-4,7-8,14,16-18H,5-6,9-13,25H2,1H3,(H,32,36)(H,33,37)(H,34,35)(H,38,39)(H4,26,27,30)(H4,28,29,31). The van der Waals surface area contributed by atoms with Gasteiger partial charge in [-0.25, -0.2) is 0 Å². The number of nitrogens with one attached hydrogen (secondary N) is 3. The molecule has 4 unspecified atom stereocenters. The molecular weight excluding hydrogens is 508 g/mol. The van der Waals surface area contributed by atoms with Gasteiger partial charge in [0.1, 0.15) is 18.1 Å². The Hall–Kier alpha value is -4.40. The van der Waals surface area contributed by atoms with E-state index in [4.69, 9.17) is 33.8 Å². The maximum absolute atomic E-state index is 13.3. The smallest absolute Gasteiger partial charge is 0.325 e. The number of nitrogens with zero attached hydrogens (tertiary/aromatic N) is 2. The third-order valence-electron chi connectivity index (χ3n) is 5.53. The van der Waals surface area contributed by atoms with Crippen LogP contribution in [0.1, 0.15) is 38.2 Å². The molecule has 0 aromatic heterocycles. The van der Waals surface area contributed by atoms with Crippen LogP contribution in [0.25, 0.3) is 0 Å². The van der Waals surface area contributed by atoms with E-state index in [1.54, 1.807) is 24.3 Å². The monoisotopic (exact) mass is 548 g/mol. The minimum Gasteiger partial charge on any atom is -0.480 e. The maximum atomic E-state index is 13.3. The van der Waals surface area contributed by atoms with Crippen molar-refractivity contribution in [1.29, 1.82) is 0 Å². The van der Waals surface area contributed by atoms with Gasteiger partial charge < -0.3 is 49.7 Å². The Balaban J connectivity index is 3.03. The van der Waals surface area contributed by atoms with Gasteiger partial charge in [-0.15, -0.1) is 0 Å². The summed E-state index contributed by atoms with van der Waals surface area (Å²) in [6, 6.07) is 4.65. The Morgan fingerprint density at radius 1 is 0.795 bits per heavy atom. The van der Waals surface area contributed by atoms with E-state index in [0.29, 0.717) is 19.4 Å². The fraction of sp³-hybridized carbons (Fsp3) is 0.500. The number of hydrogen-bond donors (Lipinski definition) is 9. The van der Waals surface area contributed by atoms with Gasteiger partial charge in [0.05, 0.1) is 6.04 Å². The van der Waals surface area contributed by atoms with E-state index in [0.717, 1.165) is 5.56 Å². The van der Waals surface area contributed by atoms with Gasteiger partial charge in [0.2, 0.25) is 17.7 Å². The number of rotatable bonds is 17. The minimum absolute atomic E-state index is 0.0674. The molecule has 15 nitrogen and oxygen atoms in total. The summed E-state index contributed by atoms with van der Waals surface area (Å²) in [5.41, 5.74) is 28.0. The van der Waals surface area contributed by atoms with Crippen LogP contribution in [0.3, 0.4) is 0 Å². The van der Waals surface area contributed by atoms with Crippen molar-refractivity contribution in [3.05, 3.63) is 35.9 Å². The van der Waals surface area contributed by atoms with Crippen LogP contribution in [0.2, 0.25) is 0 Å². The summed E-state index contributed by atoms with van der Waals surface area (Å²) < 4.78 is 0. The highest BCUT2D eigenvalue weighted by molar-refractivity contribution is 5.94. The first kappa shape index (κ1) is 32.6. The van der Waals surface area contributed by atoms with Crippen molar-refractivity contribution in [2.45, 2.75) is 63.2 Å². The first-order valence-corrected chi connectivity index (χ1v) is 12.4. The van der Waals surface area contributed by atoms with Crippen molar-refractivity contribution in [3.63, 3.8) is 0 Å². The number of aliphatic imine (C=N–C) groups is 2. The predicted molar refractivity (Wildman–Crippen MR) is 147 cm³/mol. The fourth-order valence-electron chi connectivity index (χ4n) is 3.41. The van der Waals surface area contributed by atoms with E-state index >= 15 is 0 Å². The van der Waals surface area contributed by atoms with E-state index in [1.807, 2.05) is 6.07 Å². The van der Waals surface area contributed by atoms with Crippen molar-refractivity contribution in [1.82, 2.24) is 16.0 Å². The van der Waals surface area contributed by atoms with Crippen LogP contribution in [0.15, 0.2) is 40.3 Å². The molecule has 216 valence electrons. The van der Waals surface area contributed by atoms with E-state index < -0.39 is 47.9 Å². The molecule has 1 rings (SSSR count). The van der Waals surface area contributed by atoms with Gasteiger partial charge in [-0.1, -0.05) is 30.3 Å². The number of aliphatic carboxylic acids is 1. The molecule has 14 N–H and O–H groups in total. The number of hydrogen-bond acceptors (Lipinski definition) is 7. The molecule has 3 amide bonds. The van der Waals surface area contributed by atoms with Gasteiger partial charge >= 0.3 is 5.97 Å². The summed E-state index contributed by atoms with van der Waals surface area (Å²) in [5, 5.41) is 16.8. The van der Waals surface area contributed by atoms with Crippen LogP contribution in [-0.2, 0) is 25.6 Å². The Kier molecular flexibility index (Phi) is 14.4. The lowest BCUT2D eigenvalue weighted by Gasteiger charge is -2.25. The zero-order valence-corrected chi connectivity index (χ0v) is 22.0. The van der Waals surface area contributed by atoms with Gasteiger partial charge in [0.25, 0.3) is 0 Å². The molecule has 4 atom stereocenters. The molecule has 0 fully saturated rings. The second-order valence-electron chi connectivity index (χ2n) is 8.88. The predicted octanol–water partition coefficient (Wildman–Crippen LogP) is -2.78. The molecule has 1 aromatic carbocycles. The molecule has 0 saturated heterocycles. The zero-order chi connectivity index (χ0) is 29.4. The lowest BCUT2D eigenvalue weighted by Crippen LogP contribution is -2.57. The Labute approximate surface area is 227 Å². The molecule has 0 aliphatic heterocycles. The summed E-state index contributed by atoms with van der Waals surface area (Å²) in [5.74, 6) is -3.35. The first-order chi connectivity index (χ1) is 18.4. The minimum atomic E-state index is -1.24. The molecule has 0 aliphatic rings. The van der Waals surface area contributed by atoms with E-state index in [1.165, 1.54) is 6.92 Å². The normalized spacial score (nSPS) is 13.6. The van der Waals surface area contributed by atoms with Crippen LogP contribution in [0.4, 0.5) is 0 Å². The van der Waals surface area contributed by atoms with Gasteiger partial charge in [0.15, 0.2) is 11.9 Å². The number of benzene rings is 1. The average molecular weight is 549 g/mol. The third-order valence-corrected chi connectivity index (χ3v) is 5.53. The zero-order valence-electron chi connectivity index (χ0n) is 22.0. The molecular formula is C24H40N10O5. The van der Waals surface area contributed by atoms with Crippen molar-refractivity contribution < 1.29 is 24.3 Å². The number of carbonyl (C=O) groups excluding carboxylic acids is 3. The number of carboxylic acids is 1. The topological polar surface area (TPSA) is 279 Å². The van der Waals surface area contributed by atoms with Gasteiger partial charge in [-0.3, -0.25) is 29.2 Å². The highest BCUT2D eigenvalue weighted by Crippen LogP contribution is 2.07. The highest BCUT2D eigenvalue weighted by atomic mass is 16.4. The second-order valence-corrected chi connectivity index (χ2v) is 8.88. The Morgan fingerprint density at radius 2 is 1.31 bits per heavy atom. The Bertz CT molecular complexity index is 1010. The average Bonchev–Trinajstić information content (AvgIpc) is 2.87. The van der Waals surface area contributed by atoms with Crippen LogP contribution < -0.4 is 44.6 Å². The summed E-state index contributed by atoms with van der Waals surface area (Å²) in [4.78, 5) is 57.9. The summed E-state index contributed by atoms with van der Waals surface area (Å²) in [6.07, 6.45) is 1.26.